The summed E-state index contributed by atoms with van der Waals surface area (Å²) in [4.78, 5) is 26.9. The number of fused-ring (bicyclic) bond motifs is 5. The second-order valence-corrected chi connectivity index (χ2v) is 8.48. The third-order valence-electron chi connectivity index (χ3n) is 6.60. The highest BCUT2D eigenvalue weighted by Crippen LogP contribution is 2.41. The van der Waals surface area contributed by atoms with Crippen LogP contribution in [0.2, 0.25) is 0 Å². The van der Waals surface area contributed by atoms with Gasteiger partial charge in [0.1, 0.15) is 11.9 Å². The Balaban J connectivity index is 1.50. The molecule has 2 heterocycles. The normalized spacial score (nSPS) is 19.3. The summed E-state index contributed by atoms with van der Waals surface area (Å²) in [5.41, 5.74) is 5.31. The van der Waals surface area contributed by atoms with Crippen LogP contribution in [-0.2, 0) is 12.8 Å². The second kappa shape index (κ2) is 6.67. The third kappa shape index (κ3) is 2.68. The standard InChI is InChI=1S/C27H21NO3/c1-16-11-12-24-20(13-16)26(29)21-14-19-18-9-5-6-10-22(18)28(23(19)15-25(21)31-24)27(30)17-7-3-2-4-8-17/h2-13,21,25H,14-15H2,1H3/t21-,25+/m0/s1. The van der Waals surface area contributed by atoms with Crippen molar-refractivity contribution in [1.82, 2.24) is 4.57 Å². The number of ether oxygens (including phenoxy) is 1. The molecule has 0 spiro atoms. The zero-order chi connectivity index (χ0) is 21.1. The highest BCUT2D eigenvalue weighted by Gasteiger charge is 2.43. The molecule has 4 aromatic rings. The summed E-state index contributed by atoms with van der Waals surface area (Å²) in [7, 11) is 0. The topological polar surface area (TPSA) is 48.3 Å². The number of Topliss-reactive ketones (excluding diaryl/α,β-unsaturated/α-hetero) is 1. The molecule has 0 bridgehead atoms. The van der Waals surface area contributed by atoms with Crippen molar-refractivity contribution in [2.75, 3.05) is 0 Å². The maximum absolute atomic E-state index is 13.5. The predicted octanol–water partition coefficient (Wildman–Crippen LogP) is 5.00. The smallest absolute Gasteiger partial charge is 0.262 e. The van der Waals surface area contributed by atoms with Crippen LogP contribution < -0.4 is 4.74 Å². The fourth-order valence-corrected chi connectivity index (χ4v) is 5.12. The monoisotopic (exact) mass is 407 g/mol. The molecule has 1 aliphatic carbocycles. The maximum atomic E-state index is 13.5. The van der Waals surface area contributed by atoms with Gasteiger partial charge in [0, 0.05) is 23.1 Å². The number of hydrogen-bond acceptors (Lipinski definition) is 3. The lowest BCUT2D eigenvalue weighted by molar-refractivity contribution is 0.0629. The van der Waals surface area contributed by atoms with Crippen LogP contribution in [0, 0.1) is 12.8 Å². The first-order valence-electron chi connectivity index (χ1n) is 10.6. The zero-order valence-electron chi connectivity index (χ0n) is 17.2. The van der Waals surface area contributed by atoms with E-state index in [1.54, 1.807) is 0 Å². The molecule has 0 N–H and O–H groups in total. The molecular weight excluding hydrogens is 386 g/mol. The minimum Gasteiger partial charge on any atom is -0.488 e. The second-order valence-electron chi connectivity index (χ2n) is 8.48. The first-order valence-corrected chi connectivity index (χ1v) is 10.6. The van der Waals surface area contributed by atoms with E-state index in [9.17, 15) is 9.59 Å². The van der Waals surface area contributed by atoms with E-state index >= 15 is 0 Å². The Morgan fingerprint density at radius 3 is 2.58 bits per heavy atom. The number of para-hydroxylation sites is 1. The van der Waals surface area contributed by atoms with Gasteiger partial charge < -0.3 is 4.74 Å². The van der Waals surface area contributed by atoms with Gasteiger partial charge in [0.15, 0.2) is 5.78 Å². The van der Waals surface area contributed by atoms with Gasteiger partial charge in [-0.3, -0.25) is 14.2 Å². The number of nitrogens with zero attached hydrogens (tertiary/aromatic N) is 1. The molecule has 0 radical (unpaired) electrons. The first-order chi connectivity index (χ1) is 15.1. The van der Waals surface area contributed by atoms with Gasteiger partial charge in [-0.05, 0) is 49.2 Å². The number of hydrogen-bond donors (Lipinski definition) is 0. The van der Waals surface area contributed by atoms with Crippen molar-refractivity contribution >= 4 is 22.6 Å². The Hall–Kier alpha value is -3.66. The number of benzene rings is 3. The van der Waals surface area contributed by atoms with Crippen molar-refractivity contribution in [2.45, 2.75) is 25.9 Å². The molecule has 0 unspecified atom stereocenters. The van der Waals surface area contributed by atoms with Crippen LogP contribution >= 0.6 is 0 Å². The van der Waals surface area contributed by atoms with Gasteiger partial charge in [-0.1, -0.05) is 48.0 Å². The maximum Gasteiger partial charge on any atom is 0.262 e. The summed E-state index contributed by atoms with van der Waals surface area (Å²) >= 11 is 0. The van der Waals surface area contributed by atoms with E-state index in [4.69, 9.17) is 4.74 Å². The van der Waals surface area contributed by atoms with Gasteiger partial charge in [-0.25, -0.2) is 0 Å². The highest BCUT2D eigenvalue weighted by atomic mass is 16.5. The fraction of sp³-hybridized carbons (Fsp3) is 0.185. The summed E-state index contributed by atoms with van der Waals surface area (Å²) in [6.45, 7) is 1.99. The van der Waals surface area contributed by atoms with Crippen LogP contribution in [0.5, 0.6) is 5.75 Å². The Morgan fingerprint density at radius 2 is 1.74 bits per heavy atom. The van der Waals surface area contributed by atoms with E-state index in [1.165, 1.54) is 0 Å². The SMILES string of the molecule is Cc1ccc2c(c1)C(=O)[C@H]1Cc3c(n(C(=O)c4ccccc4)c4ccccc34)C[C@H]1O2. The third-order valence-corrected chi connectivity index (χ3v) is 6.60. The Morgan fingerprint density at radius 1 is 0.968 bits per heavy atom. The van der Waals surface area contributed by atoms with E-state index in [-0.39, 0.29) is 23.7 Å². The first kappa shape index (κ1) is 18.1. The highest BCUT2D eigenvalue weighted by molar-refractivity contribution is 6.06. The molecule has 0 amide bonds. The summed E-state index contributed by atoms with van der Waals surface area (Å²) < 4.78 is 8.14. The predicted molar refractivity (Wildman–Crippen MR) is 119 cm³/mol. The molecule has 31 heavy (non-hydrogen) atoms. The summed E-state index contributed by atoms with van der Waals surface area (Å²) in [5.74, 6) is 0.520. The lowest BCUT2D eigenvalue weighted by Crippen LogP contribution is -2.44. The van der Waals surface area contributed by atoms with Crippen molar-refractivity contribution in [1.29, 1.82) is 0 Å². The number of carbonyl (C=O) groups excluding carboxylic acids is 2. The van der Waals surface area contributed by atoms with E-state index < -0.39 is 0 Å². The van der Waals surface area contributed by atoms with E-state index in [0.29, 0.717) is 29.7 Å². The van der Waals surface area contributed by atoms with Crippen LogP contribution in [0.4, 0.5) is 0 Å². The minimum atomic E-state index is -0.262. The van der Waals surface area contributed by atoms with Crippen molar-refractivity contribution in [3.05, 3.63) is 101 Å². The van der Waals surface area contributed by atoms with Crippen LogP contribution in [0.1, 0.15) is 37.5 Å². The van der Waals surface area contributed by atoms with Gasteiger partial charge in [-0.2, -0.15) is 0 Å². The van der Waals surface area contributed by atoms with Crippen LogP contribution in [0.15, 0.2) is 72.8 Å². The Labute approximate surface area is 180 Å². The van der Waals surface area contributed by atoms with E-state index in [1.807, 2.05) is 78.2 Å². The van der Waals surface area contributed by atoms with Crippen molar-refractivity contribution in [3.63, 3.8) is 0 Å². The molecule has 0 fully saturated rings. The molecule has 1 aliphatic heterocycles. The van der Waals surface area contributed by atoms with Crippen molar-refractivity contribution < 1.29 is 14.3 Å². The molecule has 6 rings (SSSR count). The van der Waals surface area contributed by atoms with Gasteiger partial charge in [0.05, 0.1) is 17.0 Å². The quantitative estimate of drug-likeness (QED) is 0.446. The largest absolute Gasteiger partial charge is 0.488 e. The summed E-state index contributed by atoms with van der Waals surface area (Å²) in [5, 5.41) is 1.04. The van der Waals surface area contributed by atoms with Crippen molar-refractivity contribution in [2.24, 2.45) is 5.92 Å². The van der Waals surface area contributed by atoms with Gasteiger partial charge in [0.25, 0.3) is 5.91 Å². The Kier molecular flexibility index (Phi) is 3.90. The van der Waals surface area contributed by atoms with Gasteiger partial charge >= 0.3 is 0 Å². The average molecular weight is 407 g/mol. The molecule has 4 nitrogen and oxygen atoms in total. The molecule has 1 aromatic heterocycles. The lowest BCUT2D eigenvalue weighted by Gasteiger charge is -2.36. The molecule has 2 atom stereocenters. The molecule has 0 saturated carbocycles. The summed E-state index contributed by atoms with van der Waals surface area (Å²) in [6.07, 6.45) is 0.857. The van der Waals surface area contributed by atoms with E-state index in [2.05, 4.69) is 6.07 Å². The van der Waals surface area contributed by atoms with Gasteiger partial charge in [-0.15, -0.1) is 0 Å². The molecule has 3 aromatic carbocycles. The van der Waals surface area contributed by atoms with Crippen LogP contribution in [-0.4, -0.2) is 22.4 Å². The number of rotatable bonds is 1. The molecule has 2 aliphatic rings. The van der Waals surface area contributed by atoms with Crippen LogP contribution in [0.25, 0.3) is 10.9 Å². The zero-order valence-corrected chi connectivity index (χ0v) is 17.2. The Bertz CT molecular complexity index is 1370. The summed E-state index contributed by atoms with van der Waals surface area (Å²) in [6, 6.07) is 23.1. The number of aromatic nitrogens is 1. The number of carbonyl (C=O) groups is 2. The van der Waals surface area contributed by atoms with Gasteiger partial charge in [0.2, 0.25) is 0 Å². The molecule has 0 saturated heterocycles. The average Bonchev–Trinajstić information content (AvgIpc) is 3.12. The molecule has 152 valence electrons. The number of ketones is 1. The lowest BCUT2D eigenvalue weighted by atomic mass is 9.77. The van der Waals surface area contributed by atoms with Crippen LogP contribution in [0.3, 0.4) is 0 Å². The minimum absolute atomic E-state index is 0.0466. The molecule has 4 heteroatoms. The van der Waals surface area contributed by atoms with Crippen molar-refractivity contribution in [3.8, 4) is 5.75 Å². The van der Waals surface area contributed by atoms with E-state index in [0.717, 1.165) is 27.7 Å². The molecular formula is C27H21NO3. The fourth-order valence-electron chi connectivity index (χ4n) is 5.12. The number of aryl methyl sites for hydroxylation is 1.